The number of aromatic hydroxyl groups is 1. The first-order valence-electron chi connectivity index (χ1n) is 10.5. The molecule has 1 aromatic heterocycles. The zero-order valence-electron chi connectivity index (χ0n) is 18.9. The summed E-state index contributed by atoms with van der Waals surface area (Å²) in [5, 5.41) is 23.4. The van der Waals surface area contributed by atoms with Gasteiger partial charge in [0.15, 0.2) is 5.69 Å². The molecule has 8 nitrogen and oxygen atoms in total. The summed E-state index contributed by atoms with van der Waals surface area (Å²) in [7, 11) is 0. The lowest BCUT2D eigenvalue weighted by atomic mass is 9.99. The average Bonchev–Trinajstić information content (AvgIpc) is 2.79. The second-order valence-electron chi connectivity index (χ2n) is 8.13. The van der Waals surface area contributed by atoms with Crippen molar-refractivity contribution in [3.05, 3.63) is 69.5 Å². The van der Waals surface area contributed by atoms with E-state index in [9.17, 15) is 45.8 Å². The van der Waals surface area contributed by atoms with Crippen LogP contribution in [0.4, 0.5) is 32.0 Å². The molecule has 0 radical (unpaired) electrons. The van der Waals surface area contributed by atoms with Gasteiger partial charge in [-0.25, -0.2) is 0 Å². The maximum Gasteiger partial charge on any atom is 0.416 e. The monoisotopic (exact) mass is 532 g/mol. The number of nitrogens with one attached hydrogen (secondary N) is 1. The topological polar surface area (TPSA) is 125 Å². The summed E-state index contributed by atoms with van der Waals surface area (Å²) >= 11 is 0. The minimum Gasteiger partial charge on any atom is -0.506 e. The number of carbonyl (C=O) groups excluding carboxylic acids is 1. The van der Waals surface area contributed by atoms with E-state index >= 15 is 0 Å². The van der Waals surface area contributed by atoms with E-state index < -0.39 is 59.3 Å². The van der Waals surface area contributed by atoms with E-state index in [0.29, 0.717) is 16.8 Å². The van der Waals surface area contributed by atoms with Crippen LogP contribution in [-0.4, -0.2) is 39.4 Å². The van der Waals surface area contributed by atoms with Gasteiger partial charge in [0.25, 0.3) is 11.5 Å². The van der Waals surface area contributed by atoms with Crippen molar-refractivity contribution in [1.82, 2.24) is 9.88 Å². The number of aliphatic carboxylic acids is 1. The smallest absolute Gasteiger partial charge is 0.416 e. The Morgan fingerprint density at radius 3 is 2.22 bits per heavy atom. The Bertz CT molecular complexity index is 1390. The maximum atomic E-state index is 13.1. The van der Waals surface area contributed by atoms with E-state index in [-0.39, 0.29) is 18.9 Å². The molecule has 1 unspecified atom stereocenters. The zero-order chi connectivity index (χ0) is 27.7. The molecule has 0 saturated heterocycles. The van der Waals surface area contributed by atoms with E-state index in [0.717, 1.165) is 12.1 Å². The van der Waals surface area contributed by atoms with Gasteiger partial charge >= 0.3 is 18.3 Å². The normalized spacial score (nSPS) is 15.1. The highest BCUT2D eigenvalue weighted by Crippen LogP contribution is 2.34. The fourth-order valence-corrected chi connectivity index (χ4v) is 3.87. The number of quaternary nitrogens is 1. The first-order valence-corrected chi connectivity index (χ1v) is 10.5. The van der Waals surface area contributed by atoms with Crippen molar-refractivity contribution in [3.8, 4) is 5.75 Å². The van der Waals surface area contributed by atoms with Gasteiger partial charge in [-0.15, -0.1) is 0 Å². The summed E-state index contributed by atoms with van der Waals surface area (Å²) in [4.78, 5) is 36.3. The van der Waals surface area contributed by atoms with Gasteiger partial charge < -0.3 is 20.8 Å². The molecule has 1 amide bonds. The third kappa shape index (κ3) is 6.39. The number of alkyl halides is 6. The van der Waals surface area contributed by atoms with Crippen LogP contribution in [0, 0.1) is 0 Å². The summed E-state index contributed by atoms with van der Waals surface area (Å²) in [6, 6.07) is 8.95. The van der Waals surface area contributed by atoms with Crippen LogP contribution in [-0.2, 0) is 17.5 Å². The Balaban J connectivity index is 0.000000695. The summed E-state index contributed by atoms with van der Waals surface area (Å²) in [6.07, 6.45) is -8.47. The van der Waals surface area contributed by atoms with Crippen LogP contribution in [0.25, 0.3) is 10.9 Å². The molecule has 0 saturated carbocycles. The number of nitrogens with zero attached hydrogens (tertiary/aromatic N) is 1. The second-order valence-corrected chi connectivity index (χ2v) is 8.13. The number of hydrogen-bond donors (Lipinski definition) is 4. The number of amides is 1. The largest absolute Gasteiger partial charge is 0.506 e. The molecule has 198 valence electrons. The SMILES string of the molecule is CC(F)(F)F.O=C(O)CNC(=O)c1c(O)c2cccc3c2n(c1=O)CC(c1ccc(C(F)(F)F)cc1)[NH2+]3. The molecule has 3 aromatic rings. The van der Waals surface area contributed by atoms with Crippen molar-refractivity contribution in [2.75, 3.05) is 6.54 Å². The Morgan fingerprint density at radius 1 is 1.08 bits per heavy atom. The number of halogens is 6. The van der Waals surface area contributed by atoms with Crippen molar-refractivity contribution < 1.29 is 51.5 Å². The zero-order valence-corrected chi connectivity index (χ0v) is 18.9. The molecule has 5 N–H and O–H groups in total. The van der Waals surface area contributed by atoms with Crippen molar-refractivity contribution in [2.24, 2.45) is 0 Å². The third-order valence-corrected chi connectivity index (χ3v) is 5.34. The van der Waals surface area contributed by atoms with Crippen LogP contribution in [0.3, 0.4) is 0 Å². The molecule has 0 aliphatic carbocycles. The number of pyridine rings is 1. The van der Waals surface area contributed by atoms with Gasteiger partial charge in [-0.05, 0) is 18.2 Å². The Hall–Kier alpha value is -4.07. The van der Waals surface area contributed by atoms with E-state index in [1.807, 2.05) is 0 Å². The van der Waals surface area contributed by atoms with Gasteiger partial charge in [0.1, 0.15) is 29.4 Å². The van der Waals surface area contributed by atoms with Crippen molar-refractivity contribution >= 4 is 28.5 Å². The minimum atomic E-state index is -4.47. The maximum absolute atomic E-state index is 13.1. The van der Waals surface area contributed by atoms with E-state index in [1.54, 1.807) is 17.4 Å². The Kier molecular flexibility index (Phi) is 7.53. The van der Waals surface area contributed by atoms with Gasteiger partial charge in [0.2, 0.25) is 0 Å². The van der Waals surface area contributed by atoms with Crippen LogP contribution < -0.4 is 16.2 Å². The first-order chi connectivity index (χ1) is 17.1. The van der Waals surface area contributed by atoms with Crippen LogP contribution >= 0.6 is 0 Å². The molecule has 0 spiro atoms. The molecule has 2 heterocycles. The molecule has 14 heteroatoms. The third-order valence-electron chi connectivity index (χ3n) is 5.34. The van der Waals surface area contributed by atoms with E-state index in [4.69, 9.17) is 5.11 Å². The number of para-hydroxylation sites is 1. The number of rotatable bonds is 4. The van der Waals surface area contributed by atoms with Gasteiger partial charge in [-0.2, -0.15) is 26.3 Å². The average molecular weight is 532 g/mol. The van der Waals surface area contributed by atoms with Crippen LogP contribution in [0.2, 0.25) is 0 Å². The molecule has 0 bridgehead atoms. The molecule has 0 fully saturated rings. The fourth-order valence-electron chi connectivity index (χ4n) is 3.87. The lowest BCUT2D eigenvalue weighted by Crippen LogP contribution is -2.81. The van der Waals surface area contributed by atoms with Gasteiger partial charge in [-0.1, -0.05) is 18.2 Å². The Labute approximate surface area is 204 Å². The molecule has 2 aromatic carbocycles. The fraction of sp³-hybridized carbons (Fsp3) is 0.261. The number of hydrogen-bond acceptors (Lipinski definition) is 4. The first kappa shape index (κ1) is 27.5. The summed E-state index contributed by atoms with van der Waals surface area (Å²) in [5.41, 5.74) is -0.715. The molecule has 4 rings (SSSR count). The highest BCUT2D eigenvalue weighted by Gasteiger charge is 2.33. The molecule has 1 aliphatic rings. The van der Waals surface area contributed by atoms with Crippen molar-refractivity contribution in [2.45, 2.75) is 31.9 Å². The van der Waals surface area contributed by atoms with Gasteiger partial charge in [0.05, 0.1) is 12.1 Å². The molecule has 1 atom stereocenters. The van der Waals surface area contributed by atoms with Crippen molar-refractivity contribution in [3.63, 3.8) is 0 Å². The molecular formula is C23H20F6N3O5+. The quantitative estimate of drug-likeness (QED) is 0.304. The highest BCUT2D eigenvalue weighted by atomic mass is 19.4. The number of carbonyl (C=O) groups is 2. The number of nitrogens with two attached hydrogens (primary N) is 1. The number of benzene rings is 2. The van der Waals surface area contributed by atoms with Crippen molar-refractivity contribution in [1.29, 1.82) is 0 Å². The minimum absolute atomic E-state index is 0.0250. The Morgan fingerprint density at radius 2 is 1.68 bits per heavy atom. The van der Waals surface area contributed by atoms with Gasteiger partial charge in [-0.3, -0.25) is 19.0 Å². The molecule has 1 aliphatic heterocycles. The molecular weight excluding hydrogens is 512 g/mol. The predicted molar refractivity (Wildman–Crippen MR) is 117 cm³/mol. The van der Waals surface area contributed by atoms with Gasteiger partial charge in [0, 0.05) is 23.9 Å². The summed E-state index contributed by atoms with van der Waals surface area (Å²) < 4.78 is 71.0. The number of carboxylic acid groups (broad SMARTS) is 1. The number of aromatic nitrogens is 1. The summed E-state index contributed by atoms with van der Waals surface area (Å²) in [5.74, 6) is -2.92. The second kappa shape index (κ2) is 10.1. The van der Waals surface area contributed by atoms with Crippen LogP contribution in [0.1, 0.15) is 34.5 Å². The summed E-state index contributed by atoms with van der Waals surface area (Å²) in [6.45, 7) is -0.526. The lowest BCUT2D eigenvalue weighted by molar-refractivity contribution is -0.621. The lowest BCUT2D eigenvalue weighted by Gasteiger charge is -2.26. The van der Waals surface area contributed by atoms with E-state index in [2.05, 4.69) is 5.32 Å². The highest BCUT2D eigenvalue weighted by molar-refractivity contribution is 6.04. The number of carboxylic acids is 1. The van der Waals surface area contributed by atoms with Crippen LogP contribution in [0.15, 0.2) is 47.3 Å². The standard InChI is InChI=1S/C21H16F3N3O5.C2H3F3/c22-21(23,24)11-6-4-10(5-7-11)14-9-27-17-12(2-1-3-13(17)26-14)18(30)16(20(27)32)19(31)25-8-15(28)29;1-2(3,4)5/h1-7,14,26,30H,8-9H2,(H,25,31)(H,28,29);1H3/p+1. The molecule has 37 heavy (non-hydrogen) atoms. The predicted octanol–water partition coefficient (Wildman–Crippen LogP) is 3.06. The van der Waals surface area contributed by atoms with Crippen LogP contribution in [0.5, 0.6) is 5.75 Å². The van der Waals surface area contributed by atoms with E-state index in [1.165, 1.54) is 22.8 Å².